The zero-order chi connectivity index (χ0) is 23.8. The van der Waals surface area contributed by atoms with Crippen molar-refractivity contribution in [2.45, 2.75) is 59.3 Å². The van der Waals surface area contributed by atoms with Crippen molar-refractivity contribution in [1.82, 2.24) is 5.32 Å². The van der Waals surface area contributed by atoms with Gasteiger partial charge < -0.3 is 9.84 Å². The maximum atomic E-state index is 13.5. The molecule has 0 aromatic heterocycles. The van der Waals surface area contributed by atoms with Gasteiger partial charge in [0.1, 0.15) is 5.75 Å². The summed E-state index contributed by atoms with van der Waals surface area (Å²) in [6, 6.07) is 4.88. The number of nitrogens with one attached hydrogen (secondary N) is 1. The number of rotatable bonds is 12. The van der Waals surface area contributed by atoms with Gasteiger partial charge in [0.2, 0.25) is 11.8 Å². The van der Waals surface area contributed by atoms with Gasteiger partial charge in [0, 0.05) is 30.2 Å². The number of aliphatic carboxylic acids is 1. The lowest BCUT2D eigenvalue weighted by molar-refractivity contribution is -0.138. The first-order valence-electron chi connectivity index (χ1n) is 11.0. The van der Waals surface area contributed by atoms with Crippen LogP contribution < -0.4 is 10.1 Å². The Hall–Kier alpha value is -3.03. The number of hydrogen-bond acceptors (Lipinski definition) is 6. The number of hydrogen-bond donors (Lipinski definition) is 2. The molecule has 1 heterocycles. The van der Waals surface area contributed by atoms with Crippen LogP contribution in [0.3, 0.4) is 0 Å². The van der Waals surface area contributed by atoms with Gasteiger partial charge in [0.15, 0.2) is 11.6 Å². The number of piperidine rings is 1. The number of benzene rings is 1. The predicted molar refractivity (Wildman–Crippen MR) is 117 cm³/mol. The van der Waals surface area contributed by atoms with E-state index in [2.05, 4.69) is 5.32 Å². The number of carbonyl (C=O) groups is 5. The third-order valence-electron chi connectivity index (χ3n) is 6.06. The highest BCUT2D eigenvalue weighted by Gasteiger charge is 2.37. The van der Waals surface area contributed by atoms with E-state index < -0.39 is 17.8 Å². The lowest BCUT2D eigenvalue weighted by Gasteiger charge is -2.30. The second-order valence-electron chi connectivity index (χ2n) is 8.36. The van der Waals surface area contributed by atoms with Crippen LogP contribution >= 0.6 is 0 Å². The molecule has 0 bridgehead atoms. The quantitative estimate of drug-likeness (QED) is 0.287. The largest absolute Gasteiger partial charge is 0.493 e. The maximum Gasteiger partial charge on any atom is 0.303 e. The van der Waals surface area contributed by atoms with Crippen molar-refractivity contribution in [2.75, 3.05) is 6.61 Å². The van der Waals surface area contributed by atoms with Crippen molar-refractivity contribution in [3.8, 4) is 5.75 Å². The van der Waals surface area contributed by atoms with E-state index in [4.69, 9.17) is 9.84 Å². The molecular formula is C24H31NO7. The summed E-state index contributed by atoms with van der Waals surface area (Å²) in [6.07, 6.45) is 2.55. The minimum absolute atomic E-state index is 0.0965. The number of ether oxygens (including phenoxy) is 1. The second-order valence-corrected chi connectivity index (χ2v) is 8.36. The monoisotopic (exact) mass is 445 g/mol. The molecule has 0 saturated carbocycles. The minimum atomic E-state index is -0.841. The molecule has 3 unspecified atom stereocenters. The van der Waals surface area contributed by atoms with Gasteiger partial charge in [-0.15, -0.1) is 0 Å². The summed E-state index contributed by atoms with van der Waals surface area (Å²) in [4.78, 5) is 60.0. The Balaban J connectivity index is 2.17. The van der Waals surface area contributed by atoms with Crippen molar-refractivity contribution in [3.05, 3.63) is 29.3 Å². The number of carbonyl (C=O) groups excluding carboxylic acids is 4. The Kier molecular flexibility index (Phi) is 9.11. The van der Waals surface area contributed by atoms with Crippen LogP contribution in [0.15, 0.2) is 18.2 Å². The van der Waals surface area contributed by atoms with Gasteiger partial charge in [-0.2, -0.15) is 0 Å². The summed E-state index contributed by atoms with van der Waals surface area (Å²) >= 11 is 0. The fourth-order valence-electron chi connectivity index (χ4n) is 3.96. The van der Waals surface area contributed by atoms with Crippen LogP contribution in [-0.4, -0.2) is 41.1 Å². The topological polar surface area (TPSA) is 127 Å². The van der Waals surface area contributed by atoms with Gasteiger partial charge in [0.05, 0.1) is 12.2 Å². The molecule has 1 fully saturated rings. The molecule has 1 saturated heterocycles. The van der Waals surface area contributed by atoms with Gasteiger partial charge in [-0.3, -0.25) is 29.3 Å². The standard InChI is InChI=1S/C24H31NO7/c1-14(17-11-12-20(27)25-24(17)31)15(2)23(30)22-18(16(3)26)8-7-9-19(22)32-13-6-4-5-10-21(28)29/h7-9,14-15,17H,4-6,10-13H2,1-3H3,(H,28,29)(H,25,27,31). The molecule has 2 rings (SSSR count). The first kappa shape index (κ1) is 25.2. The first-order chi connectivity index (χ1) is 15.1. The molecule has 8 nitrogen and oxygen atoms in total. The third-order valence-corrected chi connectivity index (χ3v) is 6.06. The molecule has 3 atom stereocenters. The fraction of sp³-hybridized carbons (Fsp3) is 0.542. The number of carboxylic acid groups (broad SMARTS) is 1. The first-order valence-corrected chi connectivity index (χ1v) is 11.0. The number of Topliss-reactive ketones (excluding diaryl/α,β-unsaturated/α-hetero) is 2. The van der Waals surface area contributed by atoms with Crippen molar-refractivity contribution in [3.63, 3.8) is 0 Å². The molecule has 1 aromatic carbocycles. The van der Waals surface area contributed by atoms with E-state index in [0.717, 1.165) is 0 Å². The number of unbranched alkanes of at least 4 members (excludes halogenated alkanes) is 2. The van der Waals surface area contributed by atoms with E-state index in [9.17, 15) is 24.0 Å². The minimum Gasteiger partial charge on any atom is -0.493 e. The fourth-order valence-corrected chi connectivity index (χ4v) is 3.96. The normalized spacial score (nSPS) is 17.9. The van der Waals surface area contributed by atoms with E-state index in [1.165, 1.54) is 6.92 Å². The Morgan fingerprint density at radius 3 is 2.50 bits per heavy atom. The van der Waals surface area contributed by atoms with E-state index >= 15 is 0 Å². The molecule has 1 aromatic rings. The van der Waals surface area contributed by atoms with Crippen molar-refractivity contribution < 1.29 is 33.8 Å². The van der Waals surface area contributed by atoms with Crippen LogP contribution in [0, 0.1) is 17.8 Å². The lowest BCUT2D eigenvalue weighted by atomic mass is 9.76. The summed E-state index contributed by atoms with van der Waals surface area (Å²) in [5.74, 6) is -3.12. The number of carboxylic acids is 1. The zero-order valence-electron chi connectivity index (χ0n) is 18.8. The van der Waals surface area contributed by atoms with Gasteiger partial charge in [-0.25, -0.2) is 0 Å². The smallest absolute Gasteiger partial charge is 0.303 e. The molecule has 0 spiro atoms. The zero-order valence-corrected chi connectivity index (χ0v) is 18.8. The van der Waals surface area contributed by atoms with Crippen LogP contribution in [0.1, 0.15) is 80.0 Å². The average molecular weight is 446 g/mol. The number of imide groups is 1. The summed E-state index contributed by atoms with van der Waals surface area (Å²) in [5, 5.41) is 11.0. The van der Waals surface area contributed by atoms with E-state index in [1.54, 1.807) is 25.1 Å². The SMILES string of the molecule is CC(=O)c1cccc(OCCCCCC(=O)O)c1C(=O)C(C)C(C)C1CCC(=O)NC1=O. The molecule has 8 heteroatoms. The molecular weight excluding hydrogens is 414 g/mol. The highest BCUT2D eigenvalue weighted by atomic mass is 16.5. The Labute approximate surface area is 187 Å². The Morgan fingerprint density at radius 1 is 1.16 bits per heavy atom. The van der Waals surface area contributed by atoms with Crippen molar-refractivity contribution in [1.29, 1.82) is 0 Å². The second kappa shape index (κ2) is 11.5. The highest BCUT2D eigenvalue weighted by Crippen LogP contribution is 2.33. The van der Waals surface area contributed by atoms with E-state index in [0.29, 0.717) is 38.0 Å². The van der Waals surface area contributed by atoms with Gasteiger partial charge in [-0.1, -0.05) is 26.0 Å². The summed E-state index contributed by atoms with van der Waals surface area (Å²) in [6.45, 7) is 5.21. The van der Waals surface area contributed by atoms with E-state index in [-0.39, 0.29) is 53.3 Å². The van der Waals surface area contributed by atoms with Crippen LogP contribution in [0.2, 0.25) is 0 Å². The van der Waals surface area contributed by atoms with Gasteiger partial charge in [-0.05, 0) is 44.6 Å². The molecule has 174 valence electrons. The third kappa shape index (κ3) is 6.48. The van der Waals surface area contributed by atoms with Gasteiger partial charge in [0.25, 0.3) is 0 Å². The molecule has 0 aliphatic carbocycles. The van der Waals surface area contributed by atoms with Crippen LogP contribution in [0.5, 0.6) is 5.75 Å². The van der Waals surface area contributed by atoms with Crippen LogP contribution in [-0.2, 0) is 14.4 Å². The van der Waals surface area contributed by atoms with E-state index in [1.807, 2.05) is 6.92 Å². The molecule has 1 aliphatic rings. The van der Waals surface area contributed by atoms with Crippen molar-refractivity contribution in [2.24, 2.45) is 17.8 Å². The number of amides is 2. The summed E-state index contributed by atoms with van der Waals surface area (Å²) < 4.78 is 5.82. The molecule has 32 heavy (non-hydrogen) atoms. The van der Waals surface area contributed by atoms with Gasteiger partial charge >= 0.3 is 5.97 Å². The number of ketones is 2. The maximum absolute atomic E-state index is 13.5. The molecule has 0 radical (unpaired) electrons. The Bertz CT molecular complexity index is 892. The average Bonchev–Trinajstić information content (AvgIpc) is 2.74. The molecule has 2 amide bonds. The van der Waals surface area contributed by atoms with Crippen LogP contribution in [0.25, 0.3) is 0 Å². The summed E-state index contributed by atoms with van der Waals surface area (Å²) in [5.41, 5.74) is 0.470. The van der Waals surface area contributed by atoms with Crippen LogP contribution in [0.4, 0.5) is 0 Å². The Morgan fingerprint density at radius 2 is 1.88 bits per heavy atom. The molecule has 1 aliphatic heterocycles. The lowest BCUT2D eigenvalue weighted by Crippen LogP contribution is -2.45. The predicted octanol–water partition coefficient (Wildman–Crippen LogP) is 3.42. The molecule has 2 N–H and O–H groups in total. The summed E-state index contributed by atoms with van der Waals surface area (Å²) in [7, 11) is 0. The highest BCUT2D eigenvalue weighted by molar-refractivity contribution is 6.11. The van der Waals surface area contributed by atoms with Crippen molar-refractivity contribution >= 4 is 29.4 Å².